The SMILES string of the molecule is CCCC(=O)Sn1ccc(N)nc1=O. The maximum absolute atomic E-state index is 11.2. The van der Waals surface area contributed by atoms with Crippen molar-refractivity contribution >= 4 is 22.9 Å². The van der Waals surface area contributed by atoms with Gasteiger partial charge in [0, 0.05) is 24.6 Å². The molecule has 0 spiro atoms. The first kappa shape index (κ1) is 10.8. The Morgan fingerprint density at radius 2 is 2.43 bits per heavy atom. The number of anilines is 1. The predicted octanol–water partition coefficient (Wildman–Crippen LogP) is 0.648. The van der Waals surface area contributed by atoms with Crippen LogP contribution in [-0.2, 0) is 4.79 Å². The average molecular weight is 213 g/mol. The summed E-state index contributed by atoms with van der Waals surface area (Å²) in [5, 5.41) is -0.0545. The van der Waals surface area contributed by atoms with Crippen LogP contribution >= 0.6 is 11.9 Å². The second-order valence-corrected chi connectivity index (χ2v) is 3.71. The lowest BCUT2D eigenvalue weighted by molar-refractivity contribution is -0.111. The van der Waals surface area contributed by atoms with Gasteiger partial charge in [-0.1, -0.05) is 6.92 Å². The Kier molecular flexibility index (Phi) is 3.70. The van der Waals surface area contributed by atoms with E-state index in [4.69, 9.17) is 5.73 Å². The fraction of sp³-hybridized carbons (Fsp3) is 0.375. The number of carbonyl (C=O) groups excluding carboxylic acids is 1. The lowest BCUT2D eigenvalue weighted by Crippen LogP contribution is -2.20. The minimum atomic E-state index is -0.514. The third kappa shape index (κ3) is 2.88. The van der Waals surface area contributed by atoms with Gasteiger partial charge in [0.05, 0.1) is 0 Å². The summed E-state index contributed by atoms with van der Waals surface area (Å²) >= 11 is 0.851. The molecule has 1 heterocycles. The van der Waals surface area contributed by atoms with Gasteiger partial charge < -0.3 is 5.73 Å². The molecular weight excluding hydrogens is 202 g/mol. The van der Waals surface area contributed by atoms with Crippen LogP contribution in [0, 0.1) is 0 Å². The van der Waals surface area contributed by atoms with Crippen molar-refractivity contribution < 1.29 is 4.79 Å². The highest BCUT2D eigenvalue weighted by Crippen LogP contribution is 2.08. The molecule has 1 aromatic heterocycles. The van der Waals surface area contributed by atoms with Crippen molar-refractivity contribution in [3.63, 3.8) is 0 Å². The number of nitrogen functional groups attached to an aromatic ring is 1. The van der Waals surface area contributed by atoms with Gasteiger partial charge in [0.25, 0.3) is 0 Å². The summed E-state index contributed by atoms with van der Waals surface area (Å²) in [6.07, 6.45) is 2.66. The van der Waals surface area contributed by atoms with Crippen LogP contribution in [0.4, 0.5) is 5.82 Å². The summed E-state index contributed by atoms with van der Waals surface area (Å²) in [5.74, 6) is 0.162. The first-order chi connectivity index (χ1) is 6.63. The van der Waals surface area contributed by atoms with Crippen LogP contribution in [0.15, 0.2) is 17.1 Å². The standard InChI is InChI=1S/C8H11N3O2S/c1-2-3-7(12)14-11-5-4-6(9)10-8(11)13/h4-5H,2-3H2,1H3,(H2,9,10,13). The maximum atomic E-state index is 11.2. The number of hydrogen-bond acceptors (Lipinski definition) is 5. The molecule has 0 unspecified atom stereocenters. The smallest absolute Gasteiger partial charge is 0.360 e. The molecule has 0 amide bonds. The molecule has 0 saturated heterocycles. The molecule has 76 valence electrons. The van der Waals surface area contributed by atoms with E-state index in [0.29, 0.717) is 6.42 Å². The van der Waals surface area contributed by atoms with Gasteiger partial charge in [-0.25, -0.2) is 8.77 Å². The lowest BCUT2D eigenvalue weighted by Gasteiger charge is -2.01. The molecule has 0 aliphatic rings. The number of rotatable bonds is 3. The molecule has 1 rings (SSSR count). The summed E-state index contributed by atoms with van der Waals surface area (Å²) in [5.41, 5.74) is 4.78. The number of hydrogen-bond donors (Lipinski definition) is 1. The Hall–Kier alpha value is -1.30. The van der Waals surface area contributed by atoms with Crippen LogP contribution in [0.5, 0.6) is 0 Å². The quantitative estimate of drug-likeness (QED) is 0.797. The Morgan fingerprint density at radius 1 is 1.71 bits per heavy atom. The third-order valence-corrected chi connectivity index (χ3v) is 2.33. The zero-order valence-electron chi connectivity index (χ0n) is 7.77. The van der Waals surface area contributed by atoms with E-state index >= 15 is 0 Å². The molecule has 0 fully saturated rings. The molecule has 1 aromatic rings. The first-order valence-corrected chi connectivity index (χ1v) is 4.97. The van der Waals surface area contributed by atoms with Crippen LogP contribution < -0.4 is 11.4 Å². The van der Waals surface area contributed by atoms with Gasteiger partial charge >= 0.3 is 5.69 Å². The van der Waals surface area contributed by atoms with Gasteiger partial charge in [-0.05, 0) is 12.5 Å². The van der Waals surface area contributed by atoms with Gasteiger partial charge in [-0.3, -0.25) is 4.79 Å². The Balaban J connectivity index is 2.77. The van der Waals surface area contributed by atoms with Crippen LogP contribution in [-0.4, -0.2) is 14.1 Å². The molecule has 0 atom stereocenters. The Labute approximate surface area is 85.5 Å². The molecule has 0 aliphatic carbocycles. The van der Waals surface area contributed by atoms with Crippen LogP contribution in [0.1, 0.15) is 19.8 Å². The van der Waals surface area contributed by atoms with Crippen molar-refractivity contribution in [1.82, 2.24) is 8.96 Å². The van der Waals surface area contributed by atoms with E-state index < -0.39 is 5.69 Å². The molecule has 0 aromatic carbocycles. The highest BCUT2D eigenvalue weighted by molar-refractivity contribution is 8.12. The molecule has 0 bridgehead atoms. The van der Waals surface area contributed by atoms with Gasteiger partial charge in [0.15, 0.2) is 0 Å². The van der Waals surface area contributed by atoms with E-state index in [0.717, 1.165) is 18.4 Å². The summed E-state index contributed by atoms with van der Waals surface area (Å²) < 4.78 is 1.17. The number of carbonyl (C=O) groups is 1. The minimum absolute atomic E-state index is 0.0545. The third-order valence-electron chi connectivity index (χ3n) is 1.45. The van der Waals surface area contributed by atoms with E-state index in [1.807, 2.05) is 6.92 Å². The molecule has 0 aliphatic heterocycles. The van der Waals surface area contributed by atoms with Crippen molar-refractivity contribution in [3.05, 3.63) is 22.7 Å². The van der Waals surface area contributed by atoms with Gasteiger partial charge in [-0.2, -0.15) is 4.98 Å². The van der Waals surface area contributed by atoms with Crippen molar-refractivity contribution in [1.29, 1.82) is 0 Å². The molecular formula is C8H11N3O2S. The van der Waals surface area contributed by atoms with Crippen molar-refractivity contribution in [2.24, 2.45) is 0 Å². The largest absolute Gasteiger partial charge is 0.383 e. The molecule has 0 saturated carbocycles. The minimum Gasteiger partial charge on any atom is -0.383 e. The predicted molar refractivity (Wildman–Crippen MR) is 55.8 cm³/mol. The van der Waals surface area contributed by atoms with E-state index in [1.165, 1.54) is 16.2 Å². The Morgan fingerprint density at radius 3 is 3.00 bits per heavy atom. The van der Waals surface area contributed by atoms with Crippen molar-refractivity contribution in [2.45, 2.75) is 19.8 Å². The van der Waals surface area contributed by atoms with E-state index in [1.54, 1.807) is 0 Å². The normalized spacial score (nSPS) is 10.1. The summed E-state index contributed by atoms with van der Waals surface area (Å²) in [4.78, 5) is 25.9. The molecule has 0 radical (unpaired) electrons. The highest BCUT2D eigenvalue weighted by atomic mass is 32.2. The first-order valence-electron chi connectivity index (χ1n) is 4.20. The number of aromatic nitrogens is 2. The Bertz CT molecular complexity index is 388. The summed E-state index contributed by atoms with van der Waals surface area (Å²) in [7, 11) is 0. The number of nitrogens with two attached hydrogens (primary N) is 1. The second kappa shape index (κ2) is 4.80. The molecule has 5 nitrogen and oxygen atoms in total. The van der Waals surface area contributed by atoms with Gasteiger partial charge in [-0.15, -0.1) is 0 Å². The highest BCUT2D eigenvalue weighted by Gasteiger charge is 2.05. The monoisotopic (exact) mass is 213 g/mol. The van der Waals surface area contributed by atoms with Crippen molar-refractivity contribution in [2.75, 3.05) is 5.73 Å². The lowest BCUT2D eigenvalue weighted by atomic mass is 10.4. The fourth-order valence-electron chi connectivity index (χ4n) is 0.834. The van der Waals surface area contributed by atoms with E-state index in [-0.39, 0.29) is 10.9 Å². The summed E-state index contributed by atoms with van der Waals surface area (Å²) in [6, 6.07) is 1.48. The molecule has 14 heavy (non-hydrogen) atoms. The van der Waals surface area contributed by atoms with Gasteiger partial charge in [0.2, 0.25) is 5.12 Å². The van der Waals surface area contributed by atoms with E-state index in [2.05, 4.69) is 4.98 Å². The van der Waals surface area contributed by atoms with E-state index in [9.17, 15) is 9.59 Å². The van der Waals surface area contributed by atoms with Crippen LogP contribution in [0.2, 0.25) is 0 Å². The van der Waals surface area contributed by atoms with Gasteiger partial charge in [0.1, 0.15) is 5.82 Å². The molecule has 2 N–H and O–H groups in total. The zero-order chi connectivity index (χ0) is 10.6. The second-order valence-electron chi connectivity index (χ2n) is 2.67. The summed E-state index contributed by atoms with van der Waals surface area (Å²) in [6.45, 7) is 1.91. The fourth-order valence-corrected chi connectivity index (χ4v) is 1.59. The number of nitrogens with zero attached hydrogens (tertiary/aromatic N) is 2. The zero-order valence-corrected chi connectivity index (χ0v) is 8.58. The van der Waals surface area contributed by atoms with Crippen LogP contribution in [0.3, 0.4) is 0 Å². The molecule has 6 heteroatoms. The average Bonchev–Trinajstić information content (AvgIpc) is 2.10. The topological polar surface area (TPSA) is 78.0 Å². The van der Waals surface area contributed by atoms with Crippen molar-refractivity contribution in [3.8, 4) is 0 Å². The maximum Gasteiger partial charge on any atom is 0.360 e. The van der Waals surface area contributed by atoms with Crippen LogP contribution in [0.25, 0.3) is 0 Å².